The van der Waals surface area contributed by atoms with Crippen molar-refractivity contribution in [2.24, 2.45) is 5.92 Å². The summed E-state index contributed by atoms with van der Waals surface area (Å²) in [7, 11) is 2.13. The first-order chi connectivity index (χ1) is 9.74. The van der Waals surface area contributed by atoms with E-state index in [2.05, 4.69) is 27.5 Å². The summed E-state index contributed by atoms with van der Waals surface area (Å²) in [6.07, 6.45) is 2.40. The zero-order chi connectivity index (χ0) is 13.9. The van der Waals surface area contributed by atoms with Crippen molar-refractivity contribution in [3.63, 3.8) is 0 Å². The standard InChI is InChI=1S/C15H20N4O/c1-19-8-4-5-11(10-19)9-16-15(20)14-12-6-2-3-7-13(12)17-18-14/h2-3,6-7,11H,4-5,8-10H2,1H3,(H,16,20)(H,17,18). The highest BCUT2D eigenvalue weighted by Crippen LogP contribution is 2.16. The molecule has 106 valence electrons. The molecule has 5 nitrogen and oxygen atoms in total. The summed E-state index contributed by atoms with van der Waals surface area (Å²) in [5, 5.41) is 10.9. The predicted molar refractivity (Wildman–Crippen MR) is 78.6 cm³/mol. The monoisotopic (exact) mass is 272 g/mol. The van der Waals surface area contributed by atoms with Crippen LogP contribution in [0.3, 0.4) is 0 Å². The van der Waals surface area contributed by atoms with Crippen molar-refractivity contribution in [3.8, 4) is 0 Å². The smallest absolute Gasteiger partial charge is 0.272 e. The van der Waals surface area contributed by atoms with Gasteiger partial charge in [0.2, 0.25) is 0 Å². The lowest BCUT2D eigenvalue weighted by Crippen LogP contribution is -2.39. The predicted octanol–water partition coefficient (Wildman–Crippen LogP) is 1.63. The summed E-state index contributed by atoms with van der Waals surface area (Å²) in [6, 6.07) is 7.70. The van der Waals surface area contributed by atoms with Crippen molar-refractivity contribution in [2.45, 2.75) is 12.8 Å². The fourth-order valence-corrected chi connectivity index (χ4v) is 2.90. The first kappa shape index (κ1) is 13.1. The summed E-state index contributed by atoms with van der Waals surface area (Å²) < 4.78 is 0. The second-order valence-electron chi connectivity index (χ2n) is 5.60. The van der Waals surface area contributed by atoms with Gasteiger partial charge in [0.1, 0.15) is 0 Å². The highest BCUT2D eigenvalue weighted by Gasteiger charge is 2.19. The van der Waals surface area contributed by atoms with Gasteiger partial charge in [0.25, 0.3) is 5.91 Å². The molecule has 1 unspecified atom stereocenters. The van der Waals surface area contributed by atoms with Crippen LogP contribution in [0.25, 0.3) is 10.9 Å². The first-order valence-electron chi connectivity index (χ1n) is 7.14. The number of amides is 1. The lowest BCUT2D eigenvalue weighted by Gasteiger charge is -2.29. The van der Waals surface area contributed by atoms with Crippen LogP contribution in [0.2, 0.25) is 0 Å². The molecule has 2 aromatic rings. The van der Waals surface area contributed by atoms with E-state index in [0.29, 0.717) is 11.6 Å². The van der Waals surface area contributed by atoms with Crippen LogP contribution in [-0.2, 0) is 0 Å². The van der Waals surface area contributed by atoms with Crippen LogP contribution < -0.4 is 5.32 Å². The molecule has 5 heteroatoms. The van der Waals surface area contributed by atoms with Gasteiger partial charge in [-0.1, -0.05) is 18.2 Å². The quantitative estimate of drug-likeness (QED) is 0.893. The fourth-order valence-electron chi connectivity index (χ4n) is 2.90. The number of aromatic nitrogens is 2. The molecule has 0 saturated carbocycles. The molecule has 1 aliphatic heterocycles. The number of rotatable bonds is 3. The van der Waals surface area contributed by atoms with Crippen molar-refractivity contribution < 1.29 is 4.79 Å². The highest BCUT2D eigenvalue weighted by atomic mass is 16.1. The minimum Gasteiger partial charge on any atom is -0.350 e. The largest absolute Gasteiger partial charge is 0.350 e. The number of fused-ring (bicyclic) bond motifs is 1. The van der Waals surface area contributed by atoms with Gasteiger partial charge in [0.05, 0.1) is 5.52 Å². The van der Waals surface area contributed by atoms with Crippen LogP contribution in [0, 0.1) is 5.92 Å². The molecule has 1 saturated heterocycles. The van der Waals surface area contributed by atoms with Gasteiger partial charge >= 0.3 is 0 Å². The van der Waals surface area contributed by atoms with Gasteiger partial charge in [-0.15, -0.1) is 0 Å². The molecule has 3 rings (SSSR count). The lowest BCUT2D eigenvalue weighted by molar-refractivity contribution is 0.0933. The summed E-state index contributed by atoms with van der Waals surface area (Å²) in [4.78, 5) is 14.6. The Morgan fingerprint density at radius 2 is 2.35 bits per heavy atom. The third-order valence-electron chi connectivity index (χ3n) is 3.96. The number of benzene rings is 1. The van der Waals surface area contributed by atoms with Crippen molar-refractivity contribution in [3.05, 3.63) is 30.0 Å². The van der Waals surface area contributed by atoms with Gasteiger partial charge in [-0.3, -0.25) is 9.89 Å². The summed E-state index contributed by atoms with van der Waals surface area (Å²) in [5.41, 5.74) is 1.39. The highest BCUT2D eigenvalue weighted by molar-refractivity contribution is 6.04. The van der Waals surface area contributed by atoms with E-state index in [1.807, 2.05) is 24.3 Å². The fraction of sp³-hybridized carbons (Fsp3) is 0.467. The Labute approximate surface area is 118 Å². The number of carbonyl (C=O) groups excluding carboxylic acids is 1. The molecule has 20 heavy (non-hydrogen) atoms. The van der Waals surface area contributed by atoms with Crippen LogP contribution in [0.4, 0.5) is 0 Å². The van der Waals surface area contributed by atoms with Crippen molar-refractivity contribution in [1.29, 1.82) is 0 Å². The maximum atomic E-state index is 12.2. The molecule has 0 bridgehead atoms. The van der Waals surface area contributed by atoms with Gasteiger partial charge in [-0.2, -0.15) is 5.10 Å². The minimum atomic E-state index is -0.0873. The van der Waals surface area contributed by atoms with Gasteiger partial charge in [0, 0.05) is 18.5 Å². The Morgan fingerprint density at radius 3 is 3.20 bits per heavy atom. The summed E-state index contributed by atoms with van der Waals surface area (Å²) >= 11 is 0. The first-order valence-corrected chi connectivity index (χ1v) is 7.14. The molecular formula is C15H20N4O. The molecule has 1 aromatic heterocycles. The maximum Gasteiger partial charge on any atom is 0.272 e. The Bertz CT molecular complexity index is 607. The number of likely N-dealkylation sites (tertiary alicyclic amines) is 1. The van der Waals surface area contributed by atoms with E-state index in [4.69, 9.17) is 0 Å². The second-order valence-corrected chi connectivity index (χ2v) is 5.60. The molecule has 1 atom stereocenters. The Morgan fingerprint density at radius 1 is 1.50 bits per heavy atom. The van der Waals surface area contributed by atoms with E-state index >= 15 is 0 Å². The molecule has 2 N–H and O–H groups in total. The molecule has 0 radical (unpaired) electrons. The van der Waals surface area contributed by atoms with Crippen LogP contribution in [0.5, 0.6) is 0 Å². The van der Waals surface area contributed by atoms with Gasteiger partial charge in [-0.05, 0) is 38.4 Å². The van der Waals surface area contributed by atoms with Crippen molar-refractivity contribution >= 4 is 16.8 Å². The number of H-pyrrole nitrogens is 1. The number of carbonyl (C=O) groups is 1. The number of piperidine rings is 1. The Hall–Kier alpha value is -1.88. The van der Waals surface area contributed by atoms with Crippen LogP contribution in [0.1, 0.15) is 23.3 Å². The van der Waals surface area contributed by atoms with Gasteiger partial charge in [0.15, 0.2) is 5.69 Å². The number of para-hydroxylation sites is 1. The third-order valence-corrected chi connectivity index (χ3v) is 3.96. The normalized spacial score (nSPS) is 20.1. The third kappa shape index (κ3) is 2.67. The zero-order valence-corrected chi connectivity index (χ0v) is 11.7. The Kier molecular flexibility index (Phi) is 3.69. The zero-order valence-electron chi connectivity index (χ0n) is 11.7. The van der Waals surface area contributed by atoms with E-state index in [9.17, 15) is 4.79 Å². The molecule has 1 fully saturated rings. The lowest BCUT2D eigenvalue weighted by atomic mass is 9.98. The van der Waals surface area contributed by atoms with E-state index in [0.717, 1.165) is 30.5 Å². The van der Waals surface area contributed by atoms with E-state index < -0.39 is 0 Å². The molecule has 0 aliphatic carbocycles. The molecule has 1 amide bonds. The van der Waals surface area contributed by atoms with Crippen LogP contribution >= 0.6 is 0 Å². The van der Waals surface area contributed by atoms with Crippen LogP contribution in [0.15, 0.2) is 24.3 Å². The van der Waals surface area contributed by atoms with Crippen molar-refractivity contribution in [2.75, 3.05) is 26.7 Å². The number of hydrogen-bond acceptors (Lipinski definition) is 3. The molecule has 2 heterocycles. The summed E-state index contributed by atoms with van der Waals surface area (Å²) in [6.45, 7) is 2.94. The maximum absolute atomic E-state index is 12.2. The summed E-state index contributed by atoms with van der Waals surface area (Å²) in [5.74, 6) is 0.457. The van der Waals surface area contributed by atoms with Crippen molar-refractivity contribution in [1.82, 2.24) is 20.4 Å². The topological polar surface area (TPSA) is 61.0 Å². The minimum absolute atomic E-state index is 0.0873. The van der Waals surface area contributed by atoms with Gasteiger partial charge in [-0.25, -0.2) is 0 Å². The SMILES string of the molecule is CN1CCCC(CNC(=O)c2n[nH]c3ccccc23)C1. The average molecular weight is 272 g/mol. The molecule has 0 spiro atoms. The number of aromatic amines is 1. The molecule has 1 aliphatic rings. The average Bonchev–Trinajstić information content (AvgIpc) is 2.89. The Balaban J connectivity index is 1.64. The van der Waals surface area contributed by atoms with E-state index in [1.165, 1.54) is 12.8 Å². The molecule has 1 aromatic carbocycles. The molecular weight excluding hydrogens is 252 g/mol. The van der Waals surface area contributed by atoms with E-state index in [1.54, 1.807) is 0 Å². The van der Waals surface area contributed by atoms with Gasteiger partial charge < -0.3 is 10.2 Å². The number of nitrogens with one attached hydrogen (secondary N) is 2. The second kappa shape index (κ2) is 5.63. The van der Waals surface area contributed by atoms with E-state index in [-0.39, 0.29) is 5.91 Å². The number of hydrogen-bond donors (Lipinski definition) is 2. The number of nitrogens with zero attached hydrogens (tertiary/aromatic N) is 2. The van der Waals surface area contributed by atoms with Crippen LogP contribution in [-0.4, -0.2) is 47.7 Å².